The van der Waals surface area contributed by atoms with Crippen LogP contribution in [0.15, 0.2) is 23.2 Å². The van der Waals surface area contributed by atoms with Gasteiger partial charge in [-0.05, 0) is 18.2 Å². The monoisotopic (exact) mass is 256 g/mol. The lowest BCUT2D eigenvalue weighted by Gasteiger charge is -1.94. The van der Waals surface area contributed by atoms with Crippen LogP contribution in [0.25, 0.3) is 17.0 Å². The van der Waals surface area contributed by atoms with Gasteiger partial charge in [0, 0.05) is 9.86 Å². The summed E-state index contributed by atoms with van der Waals surface area (Å²) in [7, 11) is 0. The minimum atomic E-state index is 0.633. The number of halogens is 2. The first-order valence-corrected chi connectivity index (χ1v) is 4.85. The first kappa shape index (κ1) is 8.78. The van der Waals surface area contributed by atoms with Gasteiger partial charge in [-0.1, -0.05) is 34.1 Å². The number of hydrogen-bond acceptors (Lipinski definition) is 1. The third kappa shape index (κ3) is 1.38. The lowest BCUT2D eigenvalue weighted by Crippen LogP contribution is -1.72. The molecule has 2 aromatic rings. The summed E-state index contributed by atoms with van der Waals surface area (Å²) >= 11 is 9.36. The molecular formula is C9H6BrClN2. The van der Waals surface area contributed by atoms with Gasteiger partial charge >= 0.3 is 0 Å². The molecular weight excluding hydrogens is 251 g/mol. The van der Waals surface area contributed by atoms with Crippen LogP contribution in [0.3, 0.4) is 0 Å². The molecule has 2 rings (SSSR count). The van der Waals surface area contributed by atoms with Crippen molar-refractivity contribution in [3.8, 4) is 0 Å². The molecule has 0 radical (unpaired) electrons. The van der Waals surface area contributed by atoms with E-state index >= 15 is 0 Å². The predicted molar refractivity (Wildman–Crippen MR) is 58.9 cm³/mol. The molecule has 4 heteroatoms. The lowest BCUT2D eigenvalue weighted by atomic mass is 10.2. The van der Waals surface area contributed by atoms with Crippen molar-refractivity contribution in [3.05, 3.63) is 33.9 Å². The van der Waals surface area contributed by atoms with Crippen molar-refractivity contribution in [1.82, 2.24) is 10.2 Å². The second-order valence-corrected chi connectivity index (χ2v) is 3.95. The number of nitrogens with one attached hydrogen (secondary N) is 1. The van der Waals surface area contributed by atoms with Crippen LogP contribution in [0, 0.1) is 0 Å². The molecule has 1 aromatic heterocycles. The van der Waals surface area contributed by atoms with Crippen molar-refractivity contribution >= 4 is 44.5 Å². The Balaban J connectivity index is 2.89. The largest absolute Gasteiger partial charge is 0.277 e. The fourth-order valence-corrected chi connectivity index (χ4v) is 2.07. The van der Waals surface area contributed by atoms with Gasteiger partial charge in [-0.15, -0.1) is 0 Å². The first-order valence-electron chi connectivity index (χ1n) is 3.68. The number of aromatic nitrogens is 2. The van der Waals surface area contributed by atoms with E-state index in [2.05, 4.69) is 32.7 Å². The molecule has 0 spiro atoms. The van der Waals surface area contributed by atoms with E-state index in [1.807, 2.05) is 12.1 Å². The van der Waals surface area contributed by atoms with E-state index in [-0.39, 0.29) is 0 Å². The van der Waals surface area contributed by atoms with Gasteiger partial charge in [0.2, 0.25) is 0 Å². The van der Waals surface area contributed by atoms with Crippen LogP contribution in [0.4, 0.5) is 0 Å². The molecule has 0 atom stereocenters. The fourth-order valence-electron chi connectivity index (χ4n) is 1.22. The van der Waals surface area contributed by atoms with E-state index in [1.165, 1.54) is 0 Å². The van der Waals surface area contributed by atoms with Gasteiger partial charge in [0.05, 0.1) is 10.7 Å². The molecule has 0 fully saturated rings. The second kappa shape index (κ2) is 3.16. The third-order valence-electron chi connectivity index (χ3n) is 1.81. The second-order valence-electron chi connectivity index (χ2n) is 2.63. The van der Waals surface area contributed by atoms with Gasteiger partial charge in [0.1, 0.15) is 5.52 Å². The van der Waals surface area contributed by atoms with E-state index in [0.717, 1.165) is 21.1 Å². The van der Waals surface area contributed by atoms with E-state index in [4.69, 9.17) is 11.6 Å². The molecule has 13 heavy (non-hydrogen) atoms. The van der Waals surface area contributed by atoms with Crippen LogP contribution >= 0.6 is 27.5 Å². The molecule has 0 amide bonds. The molecule has 1 aromatic carbocycles. The highest BCUT2D eigenvalue weighted by atomic mass is 79.9. The van der Waals surface area contributed by atoms with Crippen molar-refractivity contribution in [1.29, 1.82) is 0 Å². The van der Waals surface area contributed by atoms with Gasteiger partial charge in [0.25, 0.3) is 0 Å². The maximum Gasteiger partial charge on any atom is 0.111 e. The van der Waals surface area contributed by atoms with Crippen molar-refractivity contribution in [2.45, 2.75) is 0 Å². The Morgan fingerprint density at radius 2 is 2.31 bits per heavy atom. The first-order chi connectivity index (χ1) is 6.22. The number of hydrogen-bond donors (Lipinski definition) is 1. The van der Waals surface area contributed by atoms with Crippen molar-refractivity contribution in [3.63, 3.8) is 0 Å². The highest BCUT2D eigenvalue weighted by Gasteiger charge is 2.06. The van der Waals surface area contributed by atoms with E-state index < -0.39 is 0 Å². The molecule has 1 N–H and O–H groups in total. The van der Waals surface area contributed by atoms with Gasteiger partial charge in [-0.25, -0.2) is 0 Å². The average Bonchev–Trinajstić information content (AvgIpc) is 2.47. The Bertz CT molecular complexity index is 476. The number of H-pyrrole nitrogens is 1. The zero-order valence-corrected chi connectivity index (χ0v) is 8.98. The molecule has 0 aliphatic heterocycles. The normalized spacial score (nSPS) is 10.6. The highest BCUT2D eigenvalue weighted by Crippen LogP contribution is 2.28. The quantitative estimate of drug-likeness (QED) is 0.830. The standard InChI is InChI=1S/C9H6BrClN2/c1-2-8-6-3-5(10)4-7(11)9(6)13-12-8/h2-4H,1H2,(H,12,13). The van der Waals surface area contributed by atoms with Gasteiger partial charge in [-0.3, -0.25) is 5.10 Å². The summed E-state index contributed by atoms with van der Waals surface area (Å²) in [5.74, 6) is 0. The van der Waals surface area contributed by atoms with Crippen LogP contribution < -0.4 is 0 Å². The zero-order chi connectivity index (χ0) is 9.42. The smallest absolute Gasteiger partial charge is 0.111 e. The summed E-state index contributed by atoms with van der Waals surface area (Å²) in [5.41, 5.74) is 1.66. The molecule has 0 aliphatic carbocycles. The zero-order valence-electron chi connectivity index (χ0n) is 6.64. The molecule has 0 saturated heterocycles. The van der Waals surface area contributed by atoms with Crippen LogP contribution in [-0.2, 0) is 0 Å². The number of aromatic amines is 1. The number of nitrogens with zero attached hydrogens (tertiary/aromatic N) is 1. The molecule has 0 aliphatic rings. The molecule has 2 nitrogen and oxygen atoms in total. The average molecular weight is 258 g/mol. The van der Waals surface area contributed by atoms with E-state index in [9.17, 15) is 0 Å². The maximum atomic E-state index is 5.99. The Hall–Kier alpha value is -0.800. The molecule has 0 saturated carbocycles. The maximum absolute atomic E-state index is 5.99. The van der Waals surface area contributed by atoms with Crippen molar-refractivity contribution in [2.75, 3.05) is 0 Å². The summed E-state index contributed by atoms with van der Waals surface area (Å²) < 4.78 is 0.939. The Kier molecular flexibility index (Phi) is 2.14. The third-order valence-corrected chi connectivity index (χ3v) is 2.56. The topological polar surface area (TPSA) is 28.7 Å². The molecule has 0 unspecified atom stereocenters. The summed E-state index contributed by atoms with van der Waals surface area (Å²) in [4.78, 5) is 0. The summed E-state index contributed by atoms with van der Waals surface area (Å²) in [6.07, 6.45) is 1.72. The van der Waals surface area contributed by atoms with Gasteiger partial charge in [-0.2, -0.15) is 5.10 Å². The SMILES string of the molecule is C=Cc1[nH]nc2c(Cl)cc(Br)cc12. The van der Waals surface area contributed by atoms with Crippen LogP contribution in [0.1, 0.15) is 5.69 Å². The van der Waals surface area contributed by atoms with Gasteiger partial charge in [0.15, 0.2) is 0 Å². The molecule has 1 heterocycles. The van der Waals surface area contributed by atoms with Gasteiger partial charge < -0.3 is 0 Å². The van der Waals surface area contributed by atoms with E-state index in [0.29, 0.717) is 5.02 Å². The summed E-state index contributed by atoms with van der Waals surface area (Å²) in [6.45, 7) is 3.68. The predicted octanol–water partition coefficient (Wildman–Crippen LogP) is 3.62. The van der Waals surface area contributed by atoms with Crippen molar-refractivity contribution in [2.24, 2.45) is 0 Å². The number of benzene rings is 1. The Labute approximate surface area is 88.7 Å². The molecule has 0 bridgehead atoms. The lowest BCUT2D eigenvalue weighted by molar-refractivity contribution is 1.11. The summed E-state index contributed by atoms with van der Waals surface area (Å²) in [5, 5.41) is 8.55. The minimum absolute atomic E-state index is 0.633. The number of fused-ring (bicyclic) bond motifs is 1. The van der Waals surface area contributed by atoms with Crippen molar-refractivity contribution < 1.29 is 0 Å². The fraction of sp³-hybridized carbons (Fsp3) is 0. The van der Waals surface area contributed by atoms with Crippen LogP contribution in [0.2, 0.25) is 5.02 Å². The van der Waals surface area contributed by atoms with Crippen LogP contribution in [-0.4, -0.2) is 10.2 Å². The Morgan fingerprint density at radius 3 is 3.00 bits per heavy atom. The minimum Gasteiger partial charge on any atom is -0.277 e. The van der Waals surface area contributed by atoms with Crippen LogP contribution in [0.5, 0.6) is 0 Å². The summed E-state index contributed by atoms with van der Waals surface area (Å²) in [6, 6.07) is 3.78. The Morgan fingerprint density at radius 1 is 1.54 bits per heavy atom. The van der Waals surface area contributed by atoms with E-state index in [1.54, 1.807) is 6.08 Å². The number of rotatable bonds is 1. The molecule has 66 valence electrons. The highest BCUT2D eigenvalue weighted by molar-refractivity contribution is 9.10.